The Labute approximate surface area is 69.5 Å². The van der Waals surface area contributed by atoms with Crippen molar-refractivity contribution < 1.29 is 17.7 Å². The molecule has 1 aromatic rings. The summed E-state index contributed by atoms with van der Waals surface area (Å²) in [4.78, 5) is -0.150. The third-order valence-corrected chi connectivity index (χ3v) is 3.01. The van der Waals surface area contributed by atoms with E-state index in [4.69, 9.17) is 0 Å². The lowest BCUT2D eigenvalue weighted by molar-refractivity contribution is 0.445. The molecule has 1 heterocycles. The fourth-order valence-electron chi connectivity index (χ4n) is 1.12. The minimum absolute atomic E-state index is 0.0486. The van der Waals surface area contributed by atoms with Crippen LogP contribution in [0.4, 0.5) is 0 Å². The Hall–Kier alpha value is -1.23. The summed E-state index contributed by atoms with van der Waals surface area (Å²) in [7, 11) is -3.72. The predicted molar refractivity (Wildman–Crippen MR) is 40.7 cm³/mol. The second-order valence-electron chi connectivity index (χ2n) is 2.60. The molecule has 2 bridgehead atoms. The fraction of sp³-hybridized carbons (Fsp3) is 0.143. The lowest BCUT2D eigenvalue weighted by Gasteiger charge is -1.95. The Kier molecular flexibility index (Phi) is 1.19. The van der Waals surface area contributed by atoms with E-state index in [1.54, 1.807) is 13.0 Å². The molecule has 1 aliphatic heterocycles. The average molecular weight is 186 g/mol. The van der Waals surface area contributed by atoms with Crippen LogP contribution in [0.5, 0.6) is 11.5 Å². The van der Waals surface area contributed by atoms with Crippen molar-refractivity contribution in [2.45, 2.75) is 11.8 Å². The SMILES string of the molecule is Cc1ccc2c(O)c1OS2(=O)=O. The number of aryl methyl sites for hydroxylation is 1. The van der Waals surface area contributed by atoms with Gasteiger partial charge in [-0.05, 0) is 18.6 Å². The summed E-state index contributed by atoms with van der Waals surface area (Å²) in [5, 5.41) is 9.28. The van der Waals surface area contributed by atoms with E-state index in [1.165, 1.54) is 6.07 Å². The maximum atomic E-state index is 11.1. The molecule has 64 valence electrons. The minimum atomic E-state index is -3.72. The second kappa shape index (κ2) is 1.92. The molecule has 0 radical (unpaired) electrons. The molecule has 0 amide bonds. The summed E-state index contributed by atoms with van der Waals surface area (Å²) in [5.41, 5.74) is 0.609. The molecule has 0 unspecified atom stereocenters. The van der Waals surface area contributed by atoms with Crippen molar-refractivity contribution in [2.24, 2.45) is 0 Å². The van der Waals surface area contributed by atoms with Gasteiger partial charge in [-0.15, -0.1) is 0 Å². The van der Waals surface area contributed by atoms with Crippen molar-refractivity contribution in [1.29, 1.82) is 0 Å². The molecular weight excluding hydrogens is 180 g/mol. The standard InChI is InChI=1S/C7H6O4S/c1-4-2-3-5-6(8)7(4)11-12(5,9)10/h2-3,8H,1H3. The van der Waals surface area contributed by atoms with E-state index in [0.29, 0.717) is 5.56 Å². The second-order valence-corrected chi connectivity index (χ2v) is 4.11. The van der Waals surface area contributed by atoms with Crippen LogP contribution in [-0.4, -0.2) is 13.5 Å². The Morgan fingerprint density at radius 1 is 1.42 bits per heavy atom. The molecule has 0 saturated carbocycles. The zero-order valence-electron chi connectivity index (χ0n) is 6.23. The highest BCUT2D eigenvalue weighted by molar-refractivity contribution is 7.87. The van der Waals surface area contributed by atoms with Crippen LogP contribution in [0.3, 0.4) is 0 Å². The summed E-state index contributed by atoms with van der Waals surface area (Å²) in [6.07, 6.45) is 0. The monoisotopic (exact) mass is 186 g/mol. The first kappa shape index (κ1) is 7.42. The number of rotatable bonds is 0. The molecule has 0 atom stereocenters. The van der Waals surface area contributed by atoms with Gasteiger partial charge in [-0.1, -0.05) is 6.07 Å². The van der Waals surface area contributed by atoms with E-state index in [-0.39, 0.29) is 16.4 Å². The van der Waals surface area contributed by atoms with Crippen LogP contribution in [0.2, 0.25) is 0 Å². The van der Waals surface area contributed by atoms with Crippen molar-refractivity contribution in [2.75, 3.05) is 0 Å². The average Bonchev–Trinajstić information content (AvgIpc) is 2.09. The van der Waals surface area contributed by atoms with E-state index < -0.39 is 10.1 Å². The first-order chi connectivity index (χ1) is 5.52. The van der Waals surface area contributed by atoms with Crippen molar-refractivity contribution in [3.05, 3.63) is 17.7 Å². The van der Waals surface area contributed by atoms with Gasteiger partial charge in [-0.3, -0.25) is 0 Å². The van der Waals surface area contributed by atoms with Crippen LogP contribution in [0.15, 0.2) is 17.0 Å². The van der Waals surface area contributed by atoms with Crippen molar-refractivity contribution in [3.63, 3.8) is 0 Å². The number of hydrogen-bond donors (Lipinski definition) is 1. The maximum Gasteiger partial charge on any atom is 0.343 e. The maximum absolute atomic E-state index is 11.1. The molecule has 0 fully saturated rings. The molecular formula is C7H6O4S. The van der Waals surface area contributed by atoms with E-state index in [9.17, 15) is 13.5 Å². The highest BCUT2D eigenvalue weighted by atomic mass is 32.2. The molecule has 0 spiro atoms. The van der Waals surface area contributed by atoms with Gasteiger partial charge in [-0.25, -0.2) is 0 Å². The number of aromatic hydroxyl groups is 1. The van der Waals surface area contributed by atoms with Gasteiger partial charge in [0.2, 0.25) is 0 Å². The summed E-state index contributed by atoms with van der Waals surface area (Å²) >= 11 is 0. The highest BCUT2D eigenvalue weighted by Gasteiger charge is 2.33. The lowest BCUT2D eigenvalue weighted by Crippen LogP contribution is -2.01. The smallest absolute Gasteiger partial charge is 0.343 e. The molecule has 12 heavy (non-hydrogen) atoms. The molecule has 0 aromatic heterocycles. The molecule has 4 nitrogen and oxygen atoms in total. The van der Waals surface area contributed by atoms with Gasteiger partial charge < -0.3 is 9.29 Å². The Morgan fingerprint density at radius 3 is 2.67 bits per heavy atom. The molecule has 1 N–H and O–H groups in total. The molecule has 1 aromatic carbocycles. The number of phenolic OH excluding ortho intramolecular Hbond substituents is 1. The van der Waals surface area contributed by atoms with Crippen LogP contribution < -0.4 is 4.18 Å². The van der Waals surface area contributed by atoms with Gasteiger partial charge in [0.25, 0.3) is 0 Å². The third kappa shape index (κ3) is 0.739. The summed E-state index contributed by atoms with van der Waals surface area (Å²) in [5.74, 6) is -0.234. The molecule has 5 heteroatoms. The van der Waals surface area contributed by atoms with Crippen molar-refractivity contribution in [3.8, 4) is 11.5 Å². The van der Waals surface area contributed by atoms with Gasteiger partial charge in [0.15, 0.2) is 16.4 Å². The van der Waals surface area contributed by atoms with Crippen LogP contribution in [0.1, 0.15) is 5.56 Å². The van der Waals surface area contributed by atoms with Gasteiger partial charge in [-0.2, -0.15) is 8.42 Å². The van der Waals surface area contributed by atoms with Crippen LogP contribution in [0, 0.1) is 6.92 Å². The van der Waals surface area contributed by atoms with Gasteiger partial charge in [0.1, 0.15) is 0 Å². The van der Waals surface area contributed by atoms with Gasteiger partial charge in [0.05, 0.1) is 0 Å². The Bertz CT molecular complexity index is 447. The summed E-state index contributed by atoms with van der Waals surface area (Å²) in [6.45, 7) is 1.67. The van der Waals surface area contributed by atoms with Gasteiger partial charge >= 0.3 is 10.1 Å². The number of benzene rings is 1. The molecule has 1 aliphatic rings. The first-order valence-electron chi connectivity index (χ1n) is 3.29. The number of fused-ring (bicyclic) bond motifs is 2. The van der Waals surface area contributed by atoms with Crippen molar-refractivity contribution in [1.82, 2.24) is 0 Å². The summed E-state index contributed by atoms with van der Waals surface area (Å²) in [6, 6.07) is 2.92. The van der Waals surface area contributed by atoms with E-state index >= 15 is 0 Å². The van der Waals surface area contributed by atoms with E-state index in [1.807, 2.05) is 0 Å². The molecule has 2 rings (SSSR count). The van der Waals surface area contributed by atoms with E-state index in [0.717, 1.165) is 0 Å². The number of hydrogen-bond acceptors (Lipinski definition) is 4. The van der Waals surface area contributed by atoms with Gasteiger partial charge in [0, 0.05) is 0 Å². The third-order valence-electron chi connectivity index (χ3n) is 1.75. The molecule has 0 saturated heterocycles. The van der Waals surface area contributed by atoms with Crippen molar-refractivity contribution >= 4 is 10.1 Å². The highest BCUT2D eigenvalue weighted by Crippen LogP contribution is 2.43. The normalized spacial score (nSPS) is 17.4. The van der Waals surface area contributed by atoms with Crippen LogP contribution in [-0.2, 0) is 10.1 Å². The largest absolute Gasteiger partial charge is 0.503 e. The van der Waals surface area contributed by atoms with Crippen LogP contribution >= 0.6 is 0 Å². The van der Waals surface area contributed by atoms with E-state index in [2.05, 4.69) is 4.18 Å². The fourth-order valence-corrected chi connectivity index (χ4v) is 2.20. The Morgan fingerprint density at radius 2 is 2.08 bits per heavy atom. The number of phenols is 1. The predicted octanol–water partition coefficient (Wildman–Crippen LogP) is 0.782. The lowest BCUT2D eigenvalue weighted by atomic mass is 10.2. The minimum Gasteiger partial charge on any atom is -0.503 e. The topological polar surface area (TPSA) is 63.6 Å². The zero-order chi connectivity index (χ0) is 8.93. The quantitative estimate of drug-likeness (QED) is 0.608. The zero-order valence-corrected chi connectivity index (χ0v) is 7.05. The first-order valence-corrected chi connectivity index (χ1v) is 4.70. The molecule has 0 aliphatic carbocycles. The summed E-state index contributed by atoms with van der Waals surface area (Å²) < 4.78 is 26.7. The Balaban J connectivity index is 2.87. The van der Waals surface area contributed by atoms with Crippen LogP contribution in [0.25, 0.3) is 0 Å².